The zero-order chi connectivity index (χ0) is 14.4. The second-order valence-electron chi connectivity index (χ2n) is 4.71. The largest absolute Gasteiger partial charge is 0.494 e. The van der Waals surface area contributed by atoms with Crippen molar-refractivity contribution in [1.29, 1.82) is 0 Å². The molecular formula is C15H23NO3. The van der Waals surface area contributed by atoms with Gasteiger partial charge >= 0.3 is 5.97 Å². The van der Waals surface area contributed by atoms with Crippen molar-refractivity contribution in [1.82, 2.24) is 0 Å². The Morgan fingerprint density at radius 1 is 1.42 bits per heavy atom. The van der Waals surface area contributed by atoms with Crippen LogP contribution in [-0.4, -0.2) is 31.3 Å². The van der Waals surface area contributed by atoms with E-state index in [0.717, 1.165) is 17.0 Å². The first kappa shape index (κ1) is 15.3. The number of carbonyl (C=O) groups is 1. The van der Waals surface area contributed by atoms with Gasteiger partial charge in [0.05, 0.1) is 12.5 Å². The SMILES string of the molecule is CCOc1ccc(N(C)CC(CC)C(=O)O)cc1C. The predicted molar refractivity (Wildman–Crippen MR) is 77.0 cm³/mol. The second-order valence-corrected chi connectivity index (χ2v) is 4.71. The van der Waals surface area contributed by atoms with Crippen LogP contribution in [0.25, 0.3) is 0 Å². The Morgan fingerprint density at radius 3 is 2.58 bits per heavy atom. The van der Waals surface area contributed by atoms with Crippen LogP contribution in [0.15, 0.2) is 18.2 Å². The molecule has 0 fully saturated rings. The van der Waals surface area contributed by atoms with Crippen molar-refractivity contribution in [3.63, 3.8) is 0 Å². The van der Waals surface area contributed by atoms with Crippen LogP contribution in [0.1, 0.15) is 25.8 Å². The zero-order valence-electron chi connectivity index (χ0n) is 12.1. The number of aliphatic carboxylic acids is 1. The highest BCUT2D eigenvalue weighted by atomic mass is 16.5. The van der Waals surface area contributed by atoms with Gasteiger partial charge < -0.3 is 14.7 Å². The van der Waals surface area contributed by atoms with E-state index in [1.54, 1.807) is 0 Å². The molecule has 0 saturated carbocycles. The molecule has 0 heterocycles. The van der Waals surface area contributed by atoms with Crippen LogP contribution in [-0.2, 0) is 4.79 Å². The van der Waals surface area contributed by atoms with E-state index in [1.807, 2.05) is 50.9 Å². The fraction of sp³-hybridized carbons (Fsp3) is 0.533. The number of nitrogens with zero attached hydrogens (tertiary/aromatic N) is 1. The Kier molecular flexibility index (Phi) is 5.67. The molecule has 19 heavy (non-hydrogen) atoms. The van der Waals surface area contributed by atoms with Gasteiger partial charge in [0.15, 0.2) is 0 Å². The molecule has 1 atom stereocenters. The lowest BCUT2D eigenvalue weighted by Crippen LogP contribution is -2.29. The Bertz CT molecular complexity index is 431. The van der Waals surface area contributed by atoms with E-state index in [2.05, 4.69) is 0 Å². The monoisotopic (exact) mass is 265 g/mol. The highest BCUT2D eigenvalue weighted by molar-refractivity contribution is 5.71. The fourth-order valence-electron chi connectivity index (χ4n) is 2.01. The summed E-state index contributed by atoms with van der Waals surface area (Å²) in [4.78, 5) is 13.0. The van der Waals surface area contributed by atoms with Crippen LogP contribution < -0.4 is 9.64 Å². The molecule has 1 rings (SSSR count). The standard InChI is InChI=1S/C15H23NO3/c1-5-12(15(17)18)10-16(4)13-7-8-14(19-6-2)11(3)9-13/h7-9,12H,5-6,10H2,1-4H3,(H,17,18). The van der Waals surface area contributed by atoms with Gasteiger partial charge in [-0.2, -0.15) is 0 Å². The molecule has 1 unspecified atom stereocenters. The van der Waals surface area contributed by atoms with Gasteiger partial charge in [-0.05, 0) is 44.0 Å². The molecule has 0 aliphatic rings. The average molecular weight is 265 g/mol. The average Bonchev–Trinajstić information content (AvgIpc) is 2.37. The van der Waals surface area contributed by atoms with Crippen LogP contribution in [0.2, 0.25) is 0 Å². The first-order valence-corrected chi connectivity index (χ1v) is 6.66. The molecule has 106 valence electrons. The zero-order valence-corrected chi connectivity index (χ0v) is 12.1. The highest BCUT2D eigenvalue weighted by Gasteiger charge is 2.17. The molecule has 4 heteroatoms. The van der Waals surface area contributed by atoms with Gasteiger partial charge in [-0.1, -0.05) is 6.92 Å². The van der Waals surface area contributed by atoms with E-state index in [9.17, 15) is 4.79 Å². The van der Waals surface area contributed by atoms with E-state index in [1.165, 1.54) is 0 Å². The number of anilines is 1. The smallest absolute Gasteiger partial charge is 0.308 e. The van der Waals surface area contributed by atoms with Crippen molar-refractivity contribution in [2.24, 2.45) is 5.92 Å². The number of carboxylic acid groups (broad SMARTS) is 1. The lowest BCUT2D eigenvalue weighted by Gasteiger charge is -2.23. The van der Waals surface area contributed by atoms with Gasteiger partial charge in [0.2, 0.25) is 0 Å². The molecule has 0 spiro atoms. The first-order valence-electron chi connectivity index (χ1n) is 6.66. The summed E-state index contributed by atoms with van der Waals surface area (Å²) in [6.45, 7) is 7.01. The summed E-state index contributed by atoms with van der Waals surface area (Å²) in [5.41, 5.74) is 2.08. The molecule has 0 aromatic heterocycles. The van der Waals surface area contributed by atoms with Crippen molar-refractivity contribution in [2.75, 3.05) is 25.1 Å². The third kappa shape index (κ3) is 4.16. The molecule has 0 radical (unpaired) electrons. The minimum absolute atomic E-state index is 0.336. The van der Waals surface area contributed by atoms with Crippen molar-refractivity contribution < 1.29 is 14.6 Å². The lowest BCUT2D eigenvalue weighted by atomic mass is 10.1. The van der Waals surface area contributed by atoms with Crippen molar-refractivity contribution in [3.05, 3.63) is 23.8 Å². The quantitative estimate of drug-likeness (QED) is 0.823. The van der Waals surface area contributed by atoms with E-state index in [0.29, 0.717) is 19.6 Å². The summed E-state index contributed by atoms with van der Waals surface area (Å²) >= 11 is 0. The van der Waals surface area contributed by atoms with Crippen LogP contribution in [0.5, 0.6) is 5.75 Å². The Labute approximate surface area is 115 Å². The number of carboxylic acids is 1. The number of rotatable bonds is 7. The molecule has 0 aliphatic carbocycles. The Hall–Kier alpha value is -1.71. The number of ether oxygens (including phenoxy) is 1. The topological polar surface area (TPSA) is 49.8 Å². The summed E-state index contributed by atoms with van der Waals surface area (Å²) in [6, 6.07) is 5.93. The minimum Gasteiger partial charge on any atom is -0.494 e. The van der Waals surface area contributed by atoms with Crippen molar-refractivity contribution >= 4 is 11.7 Å². The summed E-state index contributed by atoms with van der Waals surface area (Å²) in [5, 5.41) is 9.09. The first-order chi connectivity index (χ1) is 8.99. The van der Waals surface area contributed by atoms with Gasteiger partial charge in [0.25, 0.3) is 0 Å². The molecule has 0 bridgehead atoms. The summed E-state index contributed by atoms with van der Waals surface area (Å²) in [5.74, 6) is -0.196. The van der Waals surface area contributed by atoms with Gasteiger partial charge in [-0.15, -0.1) is 0 Å². The second kappa shape index (κ2) is 7.02. The molecule has 1 aromatic rings. The summed E-state index contributed by atoms with van der Waals surface area (Å²) < 4.78 is 5.50. The van der Waals surface area contributed by atoms with Crippen LogP contribution in [0.3, 0.4) is 0 Å². The molecule has 4 nitrogen and oxygen atoms in total. The number of benzene rings is 1. The maximum absolute atomic E-state index is 11.1. The number of aryl methyl sites for hydroxylation is 1. The van der Waals surface area contributed by atoms with Crippen LogP contribution >= 0.6 is 0 Å². The van der Waals surface area contributed by atoms with Gasteiger partial charge in [-0.25, -0.2) is 0 Å². The molecule has 1 N–H and O–H groups in total. The van der Waals surface area contributed by atoms with Crippen LogP contribution in [0.4, 0.5) is 5.69 Å². The molecule has 0 saturated heterocycles. The van der Waals surface area contributed by atoms with Crippen molar-refractivity contribution in [2.45, 2.75) is 27.2 Å². The van der Waals surface area contributed by atoms with Crippen molar-refractivity contribution in [3.8, 4) is 5.75 Å². The van der Waals surface area contributed by atoms with Crippen LogP contribution in [0, 0.1) is 12.8 Å². The van der Waals surface area contributed by atoms with E-state index in [-0.39, 0.29) is 5.92 Å². The molecular weight excluding hydrogens is 242 g/mol. The summed E-state index contributed by atoms with van der Waals surface area (Å²) in [7, 11) is 1.92. The van der Waals surface area contributed by atoms with Gasteiger partial charge in [0, 0.05) is 19.3 Å². The normalized spacial score (nSPS) is 12.0. The lowest BCUT2D eigenvalue weighted by molar-refractivity contribution is -0.141. The Morgan fingerprint density at radius 2 is 2.11 bits per heavy atom. The molecule has 0 aliphatic heterocycles. The van der Waals surface area contributed by atoms with E-state index >= 15 is 0 Å². The number of hydrogen-bond acceptors (Lipinski definition) is 3. The third-order valence-electron chi connectivity index (χ3n) is 3.24. The minimum atomic E-state index is -0.739. The summed E-state index contributed by atoms with van der Waals surface area (Å²) in [6.07, 6.45) is 0.635. The maximum atomic E-state index is 11.1. The van der Waals surface area contributed by atoms with E-state index in [4.69, 9.17) is 9.84 Å². The van der Waals surface area contributed by atoms with E-state index < -0.39 is 5.97 Å². The predicted octanol–water partition coefficient (Wildman–Crippen LogP) is 2.94. The number of hydrogen-bond donors (Lipinski definition) is 1. The molecule has 1 aromatic carbocycles. The Balaban J connectivity index is 2.79. The third-order valence-corrected chi connectivity index (χ3v) is 3.24. The van der Waals surface area contributed by atoms with Gasteiger partial charge in [-0.3, -0.25) is 4.79 Å². The van der Waals surface area contributed by atoms with Gasteiger partial charge in [0.1, 0.15) is 5.75 Å². The molecule has 0 amide bonds. The maximum Gasteiger partial charge on any atom is 0.308 e. The highest BCUT2D eigenvalue weighted by Crippen LogP contribution is 2.24. The fourth-order valence-corrected chi connectivity index (χ4v) is 2.01.